The van der Waals surface area contributed by atoms with E-state index in [1.54, 1.807) is 24.3 Å². The minimum absolute atomic E-state index is 0.0443. The van der Waals surface area contributed by atoms with E-state index in [-0.39, 0.29) is 6.42 Å². The number of methoxy groups -OCH3 is 1. The van der Waals surface area contributed by atoms with Gasteiger partial charge < -0.3 is 9.84 Å². The second kappa shape index (κ2) is 5.56. The number of rotatable bonds is 4. The summed E-state index contributed by atoms with van der Waals surface area (Å²) in [6, 6.07) is 6.95. The van der Waals surface area contributed by atoms with Crippen LogP contribution in [0.15, 0.2) is 24.3 Å². The quantitative estimate of drug-likeness (QED) is 0.781. The first-order valence-corrected chi connectivity index (χ1v) is 4.62. The SMILES string of the molecule is COc1ccc(CC(=O)O)cc1C=CC#N. The van der Waals surface area contributed by atoms with Crippen molar-refractivity contribution < 1.29 is 14.6 Å². The lowest BCUT2D eigenvalue weighted by Crippen LogP contribution is -2.00. The highest BCUT2D eigenvalue weighted by molar-refractivity contribution is 5.71. The molecule has 0 radical (unpaired) electrons. The third-order valence-corrected chi connectivity index (χ3v) is 1.99. The van der Waals surface area contributed by atoms with Crippen LogP contribution >= 0.6 is 0 Å². The highest BCUT2D eigenvalue weighted by Gasteiger charge is 2.04. The van der Waals surface area contributed by atoms with Crippen LogP contribution in [-0.2, 0) is 11.2 Å². The molecule has 1 rings (SSSR count). The number of carboxylic acids is 1. The van der Waals surface area contributed by atoms with Crippen molar-refractivity contribution in [3.05, 3.63) is 35.4 Å². The van der Waals surface area contributed by atoms with E-state index >= 15 is 0 Å². The van der Waals surface area contributed by atoms with Gasteiger partial charge in [-0.25, -0.2) is 0 Å². The highest BCUT2D eigenvalue weighted by Crippen LogP contribution is 2.21. The van der Waals surface area contributed by atoms with Crippen LogP contribution in [0.2, 0.25) is 0 Å². The molecule has 0 saturated heterocycles. The predicted molar refractivity (Wildman–Crippen MR) is 59.0 cm³/mol. The molecule has 0 aliphatic rings. The molecule has 0 aromatic heterocycles. The summed E-state index contributed by atoms with van der Waals surface area (Å²) in [4.78, 5) is 10.5. The molecule has 1 aromatic carbocycles. The van der Waals surface area contributed by atoms with Gasteiger partial charge in [0.15, 0.2) is 0 Å². The minimum Gasteiger partial charge on any atom is -0.496 e. The van der Waals surface area contributed by atoms with Crippen LogP contribution in [0, 0.1) is 11.3 Å². The second-order valence-corrected chi connectivity index (χ2v) is 3.11. The predicted octanol–water partition coefficient (Wildman–Crippen LogP) is 1.86. The molecule has 16 heavy (non-hydrogen) atoms. The number of allylic oxidation sites excluding steroid dienone is 1. The molecule has 0 spiro atoms. The number of ether oxygens (including phenoxy) is 1. The number of carbonyl (C=O) groups is 1. The number of aliphatic carboxylic acids is 1. The Morgan fingerprint density at radius 1 is 1.62 bits per heavy atom. The molecule has 0 unspecified atom stereocenters. The summed E-state index contributed by atoms with van der Waals surface area (Å²) < 4.78 is 5.09. The average Bonchev–Trinajstić information content (AvgIpc) is 2.25. The molecule has 1 aromatic rings. The Labute approximate surface area is 93.4 Å². The van der Waals surface area contributed by atoms with Crippen molar-refractivity contribution in [1.82, 2.24) is 0 Å². The lowest BCUT2D eigenvalue weighted by atomic mass is 10.1. The summed E-state index contributed by atoms with van der Waals surface area (Å²) in [6.07, 6.45) is 2.87. The summed E-state index contributed by atoms with van der Waals surface area (Å²) in [6.45, 7) is 0. The Balaban J connectivity index is 3.06. The van der Waals surface area contributed by atoms with Crippen LogP contribution < -0.4 is 4.74 Å². The van der Waals surface area contributed by atoms with Crippen molar-refractivity contribution in [3.63, 3.8) is 0 Å². The van der Waals surface area contributed by atoms with Crippen LogP contribution in [-0.4, -0.2) is 18.2 Å². The second-order valence-electron chi connectivity index (χ2n) is 3.11. The van der Waals surface area contributed by atoms with E-state index in [1.165, 1.54) is 13.2 Å². The molecule has 0 heterocycles. The Morgan fingerprint density at radius 3 is 2.94 bits per heavy atom. The molecular weight excluding hydrogens is 206 g/mol. The molecule has 0 bridgehead atoms. The van der Waals surface area contributed by atoms with Gasteiger partial charge in [0.25, 0.3) is 0 Å². The molecule has 0 amide bonds. The van der Waals surface area contributed by atoms with Gasteiger partial charge in [-0.1, -0.05) is 6.07 Å². The molecule has 4 nitrogen and oxygen atoms in total. The van der Waals surface area contributed by atoms with Crippen LogP contribution in [0.5, 0.6) is 5.75 Å². The maximum Gasteiger partial charge on any atom is 0.307 e. The molecule has 4 heteroatoms. The zero-order valence-corrected chi connectivity index (χ0v) is 8.80. The van der Waals surface area contributed by atoms with Crippen LogP contribution in [0.25, 0.3) is 6.08 Å². The molecule has 82 valence electrons. The fraction of sp³-hybridized carbons (Fsp3) is 0.167. The number of hydrogen-bond donors (Lipinski definition) is 1. The van der Waals surface area contributed by atoms with Crippen molar-refractivity contribution in [3.8, 4) is 11.8 Å². The van der Waals surface area contributed by atoms with Crippen LogP contribution in [0.3, 0.4) is 0 Å². The Hall–Kier alpha value is -2.28. The van der Waals surface area contributed by atoms with Gasteiger partial charge >= 0.3 is 5.97 Å². The molecule has 0 fully saturated rings. The maximum atomic E-state index is 10.5. The summed E-state index contributed by atoms with van der Waals surface area (Å²) in [5, 5.41) is 17.1. The van der Waals surface area contributed by atoms with Gasteiger partial charge in [0, 0.05) is 11.6 Å². The number of carboxylic acid groups (broad SMARTS) is 1. The molecule has 0 aliphatic heterocycles. The fourth-order valence-electron chi connectivity index (χ4n) is 1.33. The van der Waals surface area contributed by atoms with Crippen LogP contribution in [0.1, 0.15) is 11.1 Å². The van der Waals surface area contributed by atoms with Gasteiger partial charge in [-0.2, -0.15) is 5.26 Å². The summed E-state index contributed by atoms with van der Waals surface area (Å²) in [5.41, 5.74) is 1.37. The van der Waals surface area contributed by atoms with Gasteiger partial charge in [-0.3, -0.25) is 4.79 Å². The van der Waals surface area contributed by atoms with Gasteiger partial charge in [0.05, 0.1) is 19.6 Å². The van der Waals surface area contributed by atoms with Crippen LogP contribution in [0.4, 0.5) is 0 Å². The van der Waals surface area contributed by atoms with Gasteiger partial charge in [0.1, 0.15) is 5.75 Å². The van der Waals surface area contributed by atoms with Crippen molar-refractivity contribution >= 4 is 12.0 Å². The summed E-state index contributed by atoms with van der Waals surface area (Å²) >= 11 is 0. The Morgan fingerprint density at radius 2 is 2.38 bits per heavy atom. The van der Waals surface area contributed by atoms with E-state index in [2.05, 4.69) is 0 Å². The maximum absolute atomic E-state index is 10.5. The molecule has 0 atom stereocenters. The Kier molecular flexibility index (Phi) is 4.10. The lowest BCUT2D eigenvalue weighted by molar-refractivity contribution is -0.136. The first-order chi connectivity index (χ1) is 7.67. The zero-order valence-electron chi connectivity index (χ0n) is 8.80. The first-order valence-electron chi connectivity index (χ1n) is 4.62. The lowest BCUT2D eigenvalue weighted by Gasteiger charge is -2.06. The number of nitriles is 1. The summed E-state index contributed by atoms with van der Waals surface area (Å²) in [7, 11) is 1.52. The molecular formula is C12H11NO3. The van der Waals surface area contributed by atoms with Crippen molar-refractivity contribution in [2.24, 2.45) is 0 Å². The largest absolute Gasteiger partial charge is 0.496 e. The van der Waals surface area contributed by atoms with E-state index in [1.807, 2.05) is 6.07 Å². The topological polar surface area (TPSA) is 70.3 Å². The van der Waals surface area contributed by atoms with Gasteiger partial charge in [-0.05, 0) is 23.8 Å². The van der Waals surface area contributed by atoms with E-state index in [0.717, 1.165) is 0 Å². The normalized spacial score (nSPS) is 10.0. The Bertz CT molecular complexity index is 458. The average molecular weight is 217 g/mol. The minimum atomic E-state index is -0.889. The molecule has 0 aliphatic carbocycles. The smallest absolute Gasteiger partial charge is 0.307 e. The monoisotopic (exact) mass is 217 g/mol. The van der Waals surface area contributed by atoms with E-state index < -0.39 is 5.97 Å². The number of nitrogens with zero attached hydrogens (tertiary/aromatic N) is 1. The first kappa shape index (κ1) is 11.8. The highest BCUT2D eigenvalue weighted by atomic mass is 16.5. The van der Waals surface area contributed by atoms with E-state index in [4.69, 9.17) is 15.1 Å². The van der Waals surface area contributed by atoms with Gasteiger partial charge in [0.2, 0.25) is 0 Å². The van der Waals surface area contributed by atoms with E-state index in [9.17, 15) is 4.79 Å². The summed E-state index contributed by atoms with van der Waals surface area (Å²) in [5.74, 6) is -0.277. The van der Waals surface area contributed by atoms with Crippen molar-refractivity contribution in [1.29, 1.82) is 5.26 Å². The van der Waals surface area contributed by atoms with Gasteiger partial charge in [-0.15, -0.1) is 0 Å². The third kappa shape index (κ3) is 3.14. The number of hydrogen-bond acceptors (Lipinski definition) is 3. The van der Waals surface area contributed by atoms with Crippen molar-refractivity contribution in [2.45, 2.75) is 6.42 Å². The fourth-order valence-corrected chi connectivity index (χ4v) is 1.33. The standard InChI is InChI=1S/C12H11NO3/c1-16-11-5-4-9(8-12(14)15)7-10(11)3-2-6-13/h2-5,7H,8H2,1H3,(H,14,15). The zero-order chi connectivity index (χ0) is 12.0. The number of benzene rings is 1. The van der Waals surface area contributed by atoms with E-state index in [0.29, 0.717) is 16.9 Å². The third-order valence-electron chi connectivity index (χ3n) is 1.99. The molecule has 0 saturated carbocycles. The molecule has 1 N–H and O–H groups in total. The van der Waals surface area contributed by atoms with Crippen molar-refractivity contribution in [2.75, 3.05) is 7.11 Å².